The Labute approximate surface area is 183 Å². The zero-order valence-electron chi connectivity index (χ0n) is 17.6. The van der Waals surface area contributed by atoms with Gasteiger partial charge in [-0.25, -0.2) is 14.3 Å². The van der Waals surface area contributed by atoms with Crippen molar-refractivity contribution in [3.05, 3.63) is 24.2 Å². The van der Waals surface area contributed by atoms with Crippen molar-refractivity contribution in [3.8, 4) is 6.07 Å². The monoisotopic (exact) mass is 445 g/mol. The van der Waals surface area contributed by atoms with Gasteiger partial charge in [-0.3, -0.25) is 0 Å². The van der Waals surface area contributed by atoms with Crippen molar-refractivity contribution in [2.75, 3.05) is 25.6 Å². The van der Waals surface area contributed by atoms with E-state index in [9.17, 15) is 10.1 Å². The molecule has 2 aromatic rings. The first-order valence-electron chi connectivity index (χ1n) is 10.3. The summed E-state index contributed by atoms with van der Waals surface area (Å²) in [5.74, 6) is -0.666. The van der Waals surface area contributed by atoms with Gasteiger partial charge in [-0.1, -0.05) is 0 Å². The van der Waals surface area contributed by atoms with E-state index in [-0.39, 0.29) is 6.10 Å². The number of carbonyl (C=O) groups excluding carboxylic acids is 1. The molecule has 0 spiro atoms. The number of hydrogen-bond donors (Lipinski definition) is 1. The quantitative estimate of drug-likeness (QED) is 0.673. The molecule has 170 valence electrons. The summed E-state index contributed by atoms with van der Waals surface area (Å²) in [6, 6.07) is 5.67. The number of nitrogen functional groups attached to an aromatic ring is 1. The van der Waals surface area contributed by atoms with Crippen molar-refractivity contribution >= 4 is 17.5 Å². The topological polar surface area (TPSA) is 152 Å². The van der Waals surface area contributed by atoms with Crippen molar-refractivity contribution in [3.63, 3.8) is 0 Å². The minimum atomic E-state index is -1.61. The molecule has 12 heteroatoms. The van der Waals surface area contributed by atoms with Gasteiger partial charge in [-0.05, 0) is 26.0 Å². The van der Waals surface area contributed by atoms with Gasteiger partial charge in [0.05, 0.1) is 18.9 Å². The maximum absolute atomic E-state index is 12.2. The third kappa shape index (κ3) is 3.43. The second kappa shape index (κ2) is 7.56. The molecule has 2 N–H and O–H groups in total. The molecule has 0 bridgehead atoms. The van der Waals surface area contributed by atoms with E-state index in [4.69, 9.17) is 34.2 Å². The number of anilines is 1. The normalized spacial score (nSPS) is 33.2. The number of rotatable bonds is 4. The standard InChI is InChI=1S/C20H23N5O7/c1-19(2)30-15-14(12-3-4-13-17(22)23-10-24-25(12)13)31-20(8-21,16(15)32-19)9-28-18(26)29-11-5-6-27-7-11/h3-4,10-11,14-16H,5-7,9H2,1-2H3,(H2,22,23,24)/t11-,14-,15-,16-,20+/m0/s1. The Morgan fingerprint density at radius 2 is 2.22 bits per heavy atom. The van der Waals surface area contributed by atoms with Crippen LogP contribution in [-0.2, 0) is 28.4 Å². The number of fused-ring (bicyclic) bond motifs is 2. The molecule has 0 aromatic carbocycles. The number of aromatic nitrogens is 3. The number of ether oxygens (including phenoxy) is 6. The van der Waals surface area contributed by atoms with Crippen LogP contribution in [0, 0.1) is 11.3 Å². The minimum absolute atomic E-state index is 0.304. The first-order chi connectivity index (χ1) is 15.3. The molecule has 5 heterocycles. The van der Waals surface area contributed by atoms with E-state index in [0.717, 1.165) is 0 Å². The number of carbonyl (C=O) groups is 1. The van der Waals surface area contributed by atoms with E-state index < -0.39 is 42.5 Å². The zero-order valence-corrected chi connectivity index (χ0v) is 17.6. The van der Waals surface area contributed by atoms with Gasteiger partial charge in [0, 0.05) is 6.42 Å². The maximum Gasteiger partial charge on any atom is 0.508 e. The fourth-order valence-corrected chi connectivity index (χ4v) is 4.33. The predicted molar refractivity (Wildman–Crippen MR) is 105 cm³/mol. The molecule has 0 aliphatic carbocycles. The van der Waals surface area contributed by atoms with E-state index in [1.807, 2.05) is 0 Å². The van der Waals surface area contributed by atoms with Gasteiger partial charge in [0.25, 0.3) is 0 Å². The number of hydrogen-bond acceptors (Lipinski definition) is 11. The highest BCUT2D eigenvalue weighted by Crippen LogP contribution is 2.50. The average molecular weight is 445 g/mol. The lowest BCUT2D eigenvalue weighted by molar-refractivity contribution is -0.205. The summed E-state index contributed by atoms with van der Waals surface area (Å²) < 4.78 is 35.6. The molecule has 2 aromatic heterocycles. The third-order valence-electron chi connectivity index (χ3n) is 5.77. The molecule has 0 radical (unpaired) electrons. The molecule has 0 saturated carbocycles. The van der Waals surface area contributed by atoms with Crippen molar-refractivity contribution in [2.24, 2.45) is 0 Å². The van der Waals surface area contributed by atoms with Crippen LogP contribution in [0.3, 0.4) is 0 Å². The maximum atomic E-state index is 12.2. The Balaban J connectivity index is 1.42. The molecule has 3 fully saturated rings. The Bertz CT molecular complexity index is 1080. The van der Waals surface area contributed by atoms with E-state index in [1.54, 1.807) is 30.5 Å². The zero-order chi connectivity index (χ0) is 22.5. The average Bonchev–Trinajstić information content (AvgIpc) is 3.51. The van der Waals surface area contributed by atoms with Crippen molar-refractivity contribution < 1.29 is 33.2 Å². The molecule has 5 rings (SSSR count). The largest absolute Gasteiger partial charge is 0.508 e. The molecule has 3 saturated heterocycles. The van der Waals surface area contributed by atoms with Crippen LogP contribution in [0.15, 0.2) is 18.5 Å². The smallest absolute Gasteiger partial charge is 0.430 e. The molecule has 0 amide bonds. The van der Waals surface area contributed by atoms with Crippen LogP contribution in [0.25, 0.3) is 5.52 Å². The minimum Gasteiger partial charge on any atom is -0.430 e. The van der Waals surface area contributed by atoms with Crippen LogP contribution < -0.4 is 5.73 Å². The summed E-state index contributed by atoms with van der Waals surface area (Å²) in [4.78, 5) is 16.2. The first kappa shape index (κ1) is 20.9. The SMILES string of the molecule is CC1(C)O[C@H]2[C@H](c3ccc4c(N)ncnn34)O[C@](C#N)(COC(=O)O[C@H]3CCOC3)[C@H]2O1. The molecule has 0 unspecified atom stereocenters. The second-order valence-corrected chi connectivity index (χ2v) is 8.40. The van der Waals surface area contributed by atoms with Crippen LogP contribution in [0.4, 0.5) is 10.6 Å². The third-order valence-corrected chi connectivity index (χ3v) is 5.77. The summed E-state index contributed by atoms with van der Waals surface area (Å²) in [6.45, 7) is 3.94. The molecule has 3 aliphatic heterocycles. The number of nitrogens with zero attached hydrogens (tertiary/aromatic N) is 4. The van der Waals surface area contributed by atoms with Crippen LogP contribution >= 0.6 is 0 Å². The highest BCUT2D eigenvalue weighted by molar-refractivity contribution is 5.65. The van der Waals surface area contributed by atoms with Gasteiger partial charge in [-0.15, -0.1) is 0 Å². The summed E-state index contributed by atoms with van der Waals surface area (Å²) in [5, 5.41) is 14.3. The second-order valence-electron chi connectivity index (χ2n) is 8.40. The molecular weight excluding hydrogens is 422 g/mol. The fourth-order valence-electron chi connectivity index (χ4n) is 4.33. The van der Waals surface area contributed by atoms with E-state index in [2.05, 4.69) is 16.2 Å². The number of nitrogens with two attached hydrogens (primary N) is 1. The number of nitriles is 1. The van der Waals surface area contributed by atoms with Crippen molar-refractivity contribution in [1.82, 2.24) is 14.6 Å². The molecule has 12 nitrogen and oxygen atoms in total. The van der Waals surface area contributed by atoms with Crippen molar-refractivity contribution in [2.45, 2.75) is 56.1 Å². The molecule has 32 heavy (non-hydrogen) atoms. The molecular formula is C20H23N5O7. The Hall–Kier alpha value is -2.98. The van der Waals surface area contributed by atoms with Gasteiger partial charge in [0.2, 0.25) is 5.60 Å². The van der Waals surface area contributed by atoms with Gasteiger partial charge >= 0.3 is 6.16 Å². The van der Waals surface area contributed by atoms with Gasteiger partial charge in [0.15, 0.2) is 11.6 Å². The Kier molecular flexibility index (Phi) is 4.94. The van der Waals surface area contributed by atoms with Crippen LogP contribution in [0.2, 0.25) is 0 Å². The summed E-state index contributed by atoms with van der Waals surface area (Å²) in [7, 11) is 0. The highest BCUT2D eigenvalue weighted by atomic mass is 16.8. The van der Waals surface area contributed by atoms with E-state index in [1.165, 1.54) is 6.33 Å². The highest BCUT2D eigenvalue weighted by Gasteiger charge is 2.65. The summed E-state index contributed by atoms with van der Waals surface area (Å²) in [6.07, 6.45) is -1.54. The van der Waals surface area contributed by atoms with Gasteiger partial charge in [-0.2, -0.15) is 10.4 Å². The molecule has 5 atom stereocenters. The van der Waals surface area contributed by atoms with Crippen LogP contribution in [0.1, 0.15) is 32.1 Å². The molecule has 3 aliphatic rings. The predicted octanol–water partition coefficient (Wildman–Crippen LogP) is 1.11. The van der Waals surface area contributed by atoms with Crippen LogP contribution in [0.5, 0.6) is 0 Å². The van der Waals surface area contributed by atoms with E-state index >= 15 is 0 Å². The van der Waals surface area contributed by atoms with Crippen molar-refractivity contribution in [1.29, 1.82) is 5.26 Å². The van der Waals surface area contributed by atoms with Gasteiger partial charge < -0.3 is 34.2 Å². The van der Waals surface area contributed by atoms with E-state index in [0.29, 0.717) is 36.7 Å². The van der Waals surface area contributed by atoms with Gasteiger partial charge in [0.1, 0.15) is 48.9 Å². The lowest BCUT2D eigenvalue weighted by atomic mass is 9.96. The lowest BCUT2D eigenvalue weighted by Crippen LogP contribution is -2.46. The Morgan fingerprint density at radius 3 is 2.97 bits per heavy atom. The Morgan fingerprint density at radius 1 is 1.38 bits per heavy atom. The fraction of sp³-hybridized carbons (Fsp3) is 0.600. The van der Waals surface area contributed by atoms with Crippen LogP contribution in [-0.4, -0.2) is 70.3 Å². The summed E-state index contributed by atoms with van der Waals surface area (Å²) in [5.41, 5.74) is 5.53. The summed E-state index contributed by atoms with van der Waals surface area (Å²) >= 11 is 0. The first-order valence-corrected chi connectivity index (χ1v) is 10.3. The lowest BCUT2D eigenvalue weighted by Gasteiger charge is -2.28.